The molecular weight excluding hydrogens is 1350 g/mol. The van der Waals surface area contributed by atoms with E-state index in [1.165, 1.54) is 38.5 Å². The van der Waals surface area contributed by atoms with Crippen molar-refractivity contribution in [3.05, 3.63) is 134 Å². The van der Waals surface area contributed by atoms with Gasteiger partial charge in [0, 0.05) is 25.7 Å². The first-order valence-electron chi connectivity index (χ1n) is 40.4. The molecule has 0 aromatic rings. The first kappa shape index (κ1) is 99.2. The minimum absolute atomic E-state index is 0.0695. The summed E-state index contributed by atoms with van der Waals surface area (Å²) >= 11 is 0. The van der Waals surface area contributed by atoms with Gasteiger partial charge in [-0.25, -0.2) is 9.13 Å². The van der Waals surface area contributed by atoms with Gasteiger partial charge >= 0.3 is 39.5 Å². The summed E-state index contributed by atoms with van der Waals surface area (Å²) in [6.07, 6.45) is 85.7. The van der Waals surface area contributed by atoms with Crippen molar-refractivity contribution in [2.45, 2.75) is 341 Å². The predicted molar refractivity (Wildman–Crippen MR) is 427 cm³/mol. The molecule has 5 unspecified atom stereocenters. The van der Waals surface area contributed by atoms with Crippen molar-refractivity contribution in [3.8, 4) is 0 Å². The van der Waals surface area contributed by atoms with Crippen molar-refractivity contribution >= 4 is 39.5 Å². The van der Waals surface area contributed by atoms with Crippen molar-refractivity contribution in [3.63, 3.8) is 0 Å². The lowest BCUT2D eigenvalue weighted by molar-refractivity contribution is -0.161. The molecule has 0 aliphatic carbocycles. The third-order valence-corrected chi connectivity index (χ3v) is 18.5. The maximum Gasteiger partial charge on any atom is 0.472 e. The number of ether oxygens (including phenoxy) is 4. The Morgan fingerprint density at radius 2 is 0.500 bits per heavy atom. The van der Waals surface area contributed by atoms with E-state index in [4.69, 9.17) is 37.0 Å². The molecule has 0 aromatic heterocycles. The lowest BCUT2D eigenvalue weighted by Gasteiger charge is -2.21. The first-order chi connectivity index (χ1) is 50.7. The van der Waals surface area contributed by atoms with Crippen LogP contribution in [0.5, 0.6) is 0 Å². The molecule has 0 spiro atoms. The van der Waals surface area contributed by atoms with Crippen molar-refractivity contribution in [1.82, 2.24) is 0 Å². The van der Waals surface area contributed by atoms with Crippen LogP contribution in [0.4, 0.5) is 0 Å². The van der Waals surface area contributed by atoms with Crippen molar-refractivity contribution in [2.24, 2.45) is 0 Å². The Bertz CT molecular complexity index is 2490. The second-order valence-corrected chi connectivity index (χ2v) is 29.5. The Balaban J connectivity index is 5.34. The number of rotatable bonds is 75. The Labute approximate surface area is 631 Å². The minimum atomic E-state index is -4.99. The standard InChI is InChI=1S/C85H144O17P2/c1-5-9-13-17-21-25-29-32-35-37-39-41-44-46-50-53-57-61-65-69-82(87)95-75-80(101-84(89)71-67-63-59-55-49-28-24-20-16-12-8-4)77-99-103(91,92)97-73-79(86)74-98-104(93,94)100-78-81(102-85(90)72-68-64-60-56-52-48-43-34-31-27-23-19-15-11-7-3)76-96-83(88)70-66-62-58-54-51-47-45-42-40-38-36-33-30-26-22-18-14-10-6-2/h9-11,13-15,21-23,25-27,32-36,39-43,79-81,86H,5-8,12,16-20,24,28-31,37-38,44-78H2,1-4H3,(H,91,92)(H,93,94)/b13-9-,14-10-,15-11-,25-21-,26-22-,27-23-,35-32-,36-33-,41-39-,42-40-,43-34-. The molecule has 0 rings (SSSR count). The van der Waals surface area contributed by atoms with Gasteiger partial charge in [0.15, 0.2) is 12.2 Å². The van der Waals surface area contributed by atoms with Gasteiger partial charge in [0.05, 0.1) is 26.4 Å². The van der Waals surface area contributed by atoms with Crippen molar-refractivity contribution in [2.75, 3.05) is 39.6 Å². The Morgan fingerprint density at radius 1 is 0.279 bits per heavy atom. The van der Waals surface area contributed by atoms with Gasteiger partial charge in [-0.1, -0.05) is 296 Å². The van der Waals surface area contributed by atoms with Crippen LogP contribution in [0.15, 0.2) is 134 Å². The van der Waals surface area contributed by atoms with Gasteiger partial charge in [0.25, 0.3) is 0 Å². The second kappa shape index (κ2) is 76.4. The van der Waals surface area contributed by atoms with Gasteiger partial charge in [-0.2, -0.15) is 0 Å². The molecule has 3 N–H and O–H groups in total. The van der Waals surface area contributed by atoms with Crippen LogP contribution in [0.3, 0.4) is 0 Å². The number of allylic oxidation sites excluding steroid dienone is 22. The number of unbranched alkanes of at least 4 members (excludes halogenated alkanes) is 27. The fourth-order valence-corrected chi connectivity index (χ4v) is 12.1. The van der Waals surface area contributed by atoms with Gasteiger partial charge in [-0.15, -0.1) is 0 Å². The van der Waals surface area contributed by atoms with Crippen LogP contribution >= 0.6 is 15.6 Å². The number of phosphoric ester groups is 2. The smallest absolute Gasteiger partial charge is 0.462 e. The predicted octanol–water partition coefficient (Wildman–Crippen LogP) is 23.7. The SMILES string of the molecule is CC/C=C\C/C=C\C/C=C\C/C=C\CCCCCCCCC(=O)OCC(COP(=O)(O)OCC(O)COP(=O)(O)OCC(COC(=O)CCCCCCCC/C=C\C/C=C\C/C=C\C/C=C\CC)OC(=O)CCCCCCCCCCCCC)OC(=O)CCCCCCC/C=C\C/C=C\C/C=C\CC. The average Bonchev–Trinajstić information content (AvgIpc) is 0.929. The highest BCUT2D eigenvalue weighted by molar-refractivity contribution is 7.47. The summed E-state index contributed by atoms with van der Waals surface area (Å²) in [5, 5.41) is 10.6. The molecule has 17 nitrogen and oxygen atoms in total. The number of carbonyl (C=O) groups excluding carboxylic acids is 4. The highest BCUT2D eigenvalue weighted by atomic mass is 31.2. The van der Waals surface area contributed by atoms with E-state index in [2.05, 4.69) is 161 Å². The van der Waals surface area contributed by atoms with Gasteiger partial charge < -0.3 is 33.8 Å². The number of phosphoric acid groups is 2. The topological polar surface area (TPSA) is 237 Å². The quantitative estimate of drug-likeness (QED) is 0.0169. The Hall–Kier alpha value is -4.80. The summed E-state index contributed by atoms with van der Waals surface area (Å²) in [7, 11) is -9.97. The third-order valence-electron chi connectivity index (χ3n) is 16.6. The zero-order chi connectivity index (χ0) is 76.0. The van der Waals surface area contributed by atoms with E-state index in [9.17, 15) is 43.2 Å². The number of aliphatic hydroxyl groups is 1. The zero-order valence-corrected chi connectivity index (χ0v) is 66.9. The molecule has 0 bridgehead atoms. The van der Waals surface area contributed by atoms with E-state index in [1.54, 1.807) is 0 Å². The summed E-state index contributed by atoms with van der Waals surface area (Å²) in [6.45, 7) is 4.50. The van der Waals surface area contributed by atoms with Crippen LogP contribution in [0.25, 0.3) is 0 Å². The fourth-order valence-electron chi connectivity index (χ4n) is 10.6. The van der Waals surface area contributed by atoms with Crippen molar-refractivity contribution in [1.29, 1.82) is 0 Å². The number of hydrogen-bond acceptors (Lipinski definition) is 15. The number of aliphatic hydroxyl groups excluding tert-OH is 1. The van der Waals surface area contributed by atoms with E-state index in [0.717, 1.165) is 205 Å². The molecule has 0 aliphatic rings. The summed E-state index contributed by atoms with van der Waals surface area (Å²) in [5.41, 5.74) is 0. The normalized spacial score (nSPS) is 14.6. The van der Waals surface area contributed by atoms with Gasteiger partial charge in [-0.05, 0) is 135 Å². The largest absolute Gasteiger partial charge is 0.472 e. The number of carbonyl (C=O) groups is 4. The van der Waals surface area contributed by atoms with Crippen LogP contribution in [0, 0.1) is 0 Å². The van der Waals surface area contributed by atoms with E-state index < -0.39 is 97.5 Å². The van der Waals surface area contributed by atoms with E-state index in [0.29, 0.717) is 25.7 Å². The fraction of sp³-hybridized carbons (Fsp3) is 0.694. The van der Waals surface area contributed by atoms with Gasteiger partial charge in [0.2, 0.25) is 0 Å². The molecule has 0 fully saturated rings. The lowest BCUT2D eigenvalue weighted by atomic mass is 10.1. The summed E-state index contributed by atoms with van der Waals surface area (Å²) in [6, 6.07) is 0. The summed E-state index contributed by atoms with van der Waals surface area (Å²) in [4.78, 5) is 73.0. The Morgan fingerprint density at radius 3 is 0.769 bits per heavy atom. The highest BCUT2D eigenvalue weighted by Gasteiger charge is 2.30. The van der Waals surface area contributed by atoms with Crippen LogP contribution < -0.4 is 0 Å². The van der Waals surface area contributed by atoms with Crippen LogP contribution in [0.1, 0.15) is 323 Å². The zero-order valence-electron chi connectivity index (χ0n) is 65.2. The van der Waals surface area contributed by atoms with Crippen molar-refractivity contribution < 1.29 is 80.2 Å². The van der Waals surface area contributed by atoms with Crippen LogP contribution in [-0.2, 0) is 65.4 Å². The Kier molecular flexibility index (Phi) is 72.9. The summed E-state index contributed by atoms with van der Waals surface area (Å²) in [5.74, 6) is -2.22. The molecule has 0 amide bonds. The van der Waals surface area contributed by atoms with Crippen LogP contribution in [-0.4, -0.2) is 96.7 Å². The van der Waals surface area contributed by atoms with Gasteiger partial charge in [-0.3, -0.25) is 37.3 Å². The van der Waals surface area contributed by atoms with E-state index in [-0.39, 0.29) is 25.7 Å². The monoisotopic (exact) mass is 1500 g/mol. The summed E-state index contributed by atoms with van der Waals surface area (Å²) < 4.78 is 68.6. The maximum atomic E-state index is 13.1. The molecule has 104 heavy (non-hydrogen) atoms. The molecular formula is C85H144O17P2. The molecule has 0 heterocycles. The molecule has 0 aliphatic heterocycles. The molecule has 0 saturated heterocycles. The minimum Gasteiger partial charge on any atom is -0.462 e. The second-order valence-electron chi connectivity index (χ2n) is 26.6. The van der Waals surface area contributed by atoms with E-state index >= 15 is 0 Å². The average molecular weight is 1500 g/mol. The molecule has 0 saturated carbocycles. The molecule has 0 aromatic carbocycles. The molecule has 596 valence electrons. The number of esters is 4. The number of hydrogen-bond donors (Lipinski definition) is 3. The maximum absolute atomic E-state index is 13.1. The molecule has 5 atom stereocenters. The molecule has 19 heteroatoms. The molecule has 0 radical (unpaired) electrons. The third kappa shape index (κ3) is 75.4. The van der Waals surface area contributed by atoms with Gasteiger partial charge in [0.1, 0.15) is 19.3 Å². The first-order valence-corrected chi connectivity index (χ1v) is 43.4. The lowest BCUT2D eigenvalue weighted by Crippen LogP contribution is -2.30. The van der Waals surface area contributed by atoms with Crippen LogP contribution in [0.2, 0.25) is 0 Å². The highest BCUT2D eigenvalue weighted by Crippen LogP contribution is 2.45. The van der Waals surface area contributed by atoms with E-state index in [1.807, 2.05) is 0 Å².